The lowest BCUT2D eigenvalue weighted by molar-refractivity contribution is -0.132. The van der Waals surface area contributed by atoms with Gasteiger partial charge in [0.25, 0.3) is 0 Å². The molecule has 1 N–H and O–H groups in total. The summed E-state index contributed by atoms with van der Waals surface area (Å²) in [5.41, 5.74) is 3.25. The van der Waals surface area contributed by atoms with Gasteiger partial charge < -0.3 is 10.1 Å². The van der Waals surface area contributed by atoms with Crippen LogP contribution in [0.4, 0.5) is 0 Å². The van der Waals surface area contributed by atoms with Crippen LogP contribution < -0.4 is 10.1 Å². The Kier molecular flexibility index (Phi) is 6.33. The average molecular weight is 416 g/mol. The van der Waals surface area contributed by atoms with Crippen LogP contribution in [0.5, 0.6) is 5.75 Å². The normalized spacial score (nSPS) is 18.6. The third-order valence-electron chi connectivity index (χ3n) is 5.94. The molecule has 0 saturated carbocycles. The molecule has 1 aromatic heterocycles. The minimum atomic E-state index is -0.748. The summed E-state index contributed by atoms with van der Waals surface area (Å²) in [6.45, 7) is 4.00. The van der Waals surface area contributed by atoms with E-state index in [1.165, 1.54) is 0 Å². The van der Waals surface area contributed by atoms with Crippen LogP contribution in [0.25, 0.3) is 0 Å². The molecule has 1 unspecified atom stereocenters. The summed E-state index contributed by atoms with van der Waals surface area (Å²) < 4.78 is 6.01. The number of benzene rings is 2. The summed E-state index contributed by atoms with van der Waals surface area (Å²) >= 11 is 0. The zero-order valence-electron chi connectivity index (χ0n) is 18.2. The number of ether oxygens (including phenoxy) is 1. The van der Waals surface area contributed by atoms with Gasteiger partial charge in [-0.05, 0) is 61.7 Å². The first-order valence-electron chi connectivity index (χ1n) is 10.8. The lowest BCUT2D eigenvalue weighted by atomic mass is 9.89. The number of nitrogens with zero attached hydrogens (tertiary/aromatic N) is 2. The Morgan fingerprint density at radius 1 is 1.06 bits per heavy atom. The van der Waals surface area contributed by atoms with Gasteiger partial charge in [0.05, 0.1) is 5.69 Å². The molecular weight excluding hydrogens is 386 g/mol. The van der Waals surface area contributed by atoms with E-state index in [1.807, 2.05) is 55.5 Å². The van der Waals surface area contributed by atoms with Gasteiger partial charge in [0, 0.05) is 19.3 Å². The molecule has 1 atom stereocenters. The van der Waals surface area contributed by atoms with Crippen molar-refractivity contribution in [3.05, 3.63) is 95.3 Å². The minimum absolute atomic E-state index is 0.000387. The van der Waals surface area contributed by atoms with Crippen LogP contribution in [0, 0.1) is 6.92 Å². The highest BCUT2D eigenvalue weighted by Gasteiger charge is 2.49. The number of likely N-dealkylation sites (N-methyl/N-ethyl adjacent to an activating group) is 1. The molecule has 0 aliphatic carbocycles. The molecule has 0 spiro atoms. The number of carbonyl (C=O) groups is 1. The van der Waals surface area contributed by atoms with Gasteiger partial charge in [-0.15, -0.1) is 0 Å². The van der Waals surface area contributed by atoms with Crippen LogP contribution >= 0.6 is 0 Å². The Balaban J connectivity index is 1.56. The van der Waals surface area contributed by atoms with Crippen LogP contribution in [0.1, 0.15) is 35.4 Å². The number of carbonyl (C=O) groups excluding carboxylic acids is 1. The molecule has 5 heteroatoms. The van der Waals surface area contributed by atoms with Crippen LogP contribution in [-0.4, -0.2) is 29.4 Å². The van der Waals surface area contributed by atoms with E-state index in [9.17, 15) is 4.79 Å². The number of aryl methyl sites for hydroxylation is 1. The predicted octanol–water partition coefficient (Wildman–Crippen LogP) is 4.21. The molecule has 1 aliphatic heterocycles. The first-order valence-corrected chi connectivity index (χ1v) is 10.8. The van der Waals surface area contributed by atoms with Gasteiger partial charge in [0.1, 0.15) is 17.9 Å². The molecule has 3 aromatic rings. The highest BCUT2D eigenvalue weighted by Crippen LogP contribution is 2.39. The molecule has 2 heterocycles. The molecule has 31 heavy (non-hydrogen) atoms. The lowest BCUT2D eigenvalue weighted by Gasteiger charge is -2.36. The van der Waals surface area contributed by atoms with Crippen molar-refractivity contribution in [2.45, 2.75) is 38.5 Å². The van der Waals surface area contributed by atoms with Crippen molar-refractivity contribution in [1.29, 1.82) is 0 Å². The van der Waals surface area contributed by atoms with E-state index in [1.54, 1.807) is 7.05 Å². The smallest absolute Gasteiger partial charge is 0.246 e. The van der Waals surface area contributed by atoms with Crippen molar-refractivity contribution in [2.24, 2.45) is 0 Å². The van der Waals surface area contributed by atoms with Gasteiger partial charge in [-0.2, -0.15) is 0 Å². The maximum absolute atomic E-state index is 13.2. The molecule has 4 rings (SSSR count). The Morgan fingerprint density at radius 2 is 1.84 bits per heavy atom. The Labute approximate surface area is 184 Å². The van der Waals surface area contributed by atoms with E-state index in [0.717, 1.165) is 47.7 Å². The van der Waals surface area contributed by atoms with Crippen molar-refractivity contribution >= 4 is 5.91 Å². The molecule has 1 fully saturated rings. The maximum atomic E-state index is 13.2. The van der Waals surface area contributed by atoms with E-state index in [2.05, 4.69) is 34.5 Å². The zero-order chi connectivity index (χ0) is 21.7. The molecule has 1 amide bonds. The largest absolute Gasteiger partial charge is 0.489 e. The fourth-order valence-electron chi connectivity index (χ4n) is 4.43. The number of amides is 1. The number of hydrogen-bond acceptors (Lipinski definition) is 4. The molecule has 5 nitrogen and oxygen atoms in total. The standard InChI is InChI=1S/C26H29N3O2/c1-20-9-6-14-24(28-20)26(25(30)27-2)15-8-16-29(26)18-22-12-7-13-23(17-22)31-19-21-10-4-3-5-11-21/h3-7,9-14,17H,8,15-16,18-19H2,1-2H3,(H,27,30). The topological polar surface area (TPSA) is 54.5 Å². The summed E-state index contributed by atoms with van der Waals surface area (Å²) in [6.07, 6.45) is 1.71. The number of aromatic nitrogens is 1. The number of likely N-dealkylation sites (tertiary alicyclic amines) is 1. The van der Waals surface area contributed by atoms with Gasteiger partial charge >= 0.3 is 0 Å². The molecule has 0 bridgehead atoms. The van der Waals surface area contributed by atoms with E-state index >= 15 is 0 Å². The van der Waals surface area contributed by atoms with Crippen LogP contribution in [0.2, 0.25) is 0 Å². The highest BCUT2D eigenvalue weighted by atomic mass is 16.5. The Hall–Kier alpha value is -3.18. The maximum Gasteiger partial charge on any atom is 0.246 e. The second-order valence-electron chi connectivity index (χ2n) is 8.05. The lowest BCUT2D eigenvalue weighted by Crippen LogP contribution is -2.52. The quantitative estimate of drug-likeness (QED) is 0.628. The molecular formula is C26H29N3O2. The van der Waals surface area contributed by atoms with Crippen LogP contribution in [0.15, 0.2) is 72.8 Å². The monoisotopic (exact) mass is 415 g/mol. The molecule has 2 aromatic carbocycles. The summed E-state index contributed by atoms with van der Waals surface area (Å²) in [4.78, 5) is 20.2. The summed E-state index contributed by atoms with van der Waals surface area (Å²) in [5.74, 6) is 0.833. The number of nitrogens with one attached hydrogen (secondary N) is 1. The summed E-state index contributed by atoms with van der Waals surface area (Å²) in [6, 6.07) is 24.2. The molecule has 160 valence electrons. The van der Waals surface area contributed by atoms with Gasteiger partial charge in [-0.1, -0.05) is 48.5 Å². The third kappa shape index (κ3) is 4.47. The van der Waals surface area contributed by atoms with Crippen LogP contribution in [0.3, 0.4) is 0 Å². The fraction of sp³-hybridized carbons (Fsp3) is 0.308. The van der Waals surface area contributed by atoms with Crippen LogP contribution in [-0.2, 0) is 23.5 Å². The number of hydrogen-bond donors (Lipinski definition) is 1. The van der Waals surface area contributed by atoms with Gasteiger partial charge in [0.2, 0.25) is 5.91 Å². The third-order valence-corrected chi connectivity index (χ3v) is 5.94. The molecule has 1 aliphatic rings. The summed E-state index contributed by atoms with van der Waals surface area (Å²) in [5, 5.41) is 2.89. The van der Waals surface area contributed by atoms with Crippen molar-refractivity contribution in [2.75, 3.05) is 13.6 Å². The molecule has 0 radical (unpaired) electrons. The predicted molar refractivity (Wildman–Crippen MR) is 122 cm³/mol. The SMILES string of the molecule is CNC(=O)C1(c2cccc(C)n2)CCCN1Cc1cccc(OCc2ccccc2)c1. The minimum Gasteiger partial charge on any atom is -0.489 e. The summed E-state index contributed by atoms with van der Waals surface area (Å²) in [7, 11) is 1.70. The van der Waals surface area contributed by atoms with Gasteiger partial charge in [-0.3, -0.25) is 14.7 Å². The van der Waals surface area contributed by atoms with Gasteiger partial charge in [0.15, 0.2) is 0 Å². The van der Waals surface area contributed by atoms with E-state index in [-0.39, 0.29) is 5.91 Å². The Bertz CT molecular complexity index is 1040. The number of pyridine rings is 1. The van der Waals surface area contributed by atoms with E-state index < -0.39 is 5.54 Å². The Morgan fingerprint density at radius 3 is 2.61 bits per heavy atom. The average Bonchev–Trinajstić information content (AvgIpc) is 3.22. The zero-order valence-corrected chi connectivity index (χ0v) is 18.2. The van der Waals surface area contributed by atoms with Crippen molar-refractivity contribution in [3.63, 3.8) is 0 Å². The van der Waals surface area contributed by atoms with Crippen molar-refractivity contribution in [1.82, 2.24) is 15.2 Å². The van der Waals surface area contributed by atoms with E-state index in [0.29, 0.717) is 13.2 Å². The second-order valence-corrected chi connectivity index (χ2v) is 8.05. The van der Waals surface area contributed by atoms with Crippen molar-refractivity contribution < 1.29 is 9.53 Å². The first-order chi connectivity index (χ1) is 15.1. The molecule has 1 saturated heterocycles. The highest BCUT2D eigenvalue weighted by molar-refractivity contribution is 5.87. The van der Waals surface area contributed by atoms with Crippen molar-refractivity contribution in [3.8, 4) is 5.75 Å². The van der Waals surface area contributed by atoms with Gasteiger partial charge in [-0.25, -0.2) is 0 Å². The number of rotatable bonds is 7. The van der Waals surface area contributed by atoms with E-state index in [4.69, 9.17) is 9.72 Å². The first kappa shape index (κ1) is 21.1. The second kappa shape index (κ2) is 9.31. The fourth-order valence-corrected chi connectivity index (χ4v) is 4.43.